The largest absolute Gasteiger partial charge is 0.464 e. The van der Waals surface area contributed by atoms with E-state index in [0.29, 0.717) is 24.4 Å². The Bertz CT molecular complexity index is 427. The van der Waals surface area contributed by atoms with Gasteiger partial charge < -0.3 is 10.1 Å². The second-order valence-corrected chi connectivity index (χ2v) is 5.25. The van der Waals surface area contributed by atoms with Crippen LogP contribution in [0.25, 0.3) is 0 Å². The molecule has 1 aromatic rings. The van der Waals surface area contributed by atoms with Crippen LogP contribution in [0, 0.1) is 11.8 Å². The Kier molecular flexibility index (Phi) is 5.34. The number of anilines is 2. The Morgan fingerprint density at radius 1 is 1.20 bits per heavy atom. The zero-order valence-corrected chi connectivity index (χ0v) is 12.2. The van der Waals surface area contributed by atoms with Gasteiger partial charge in [-0.1, -0.05) is 26.2 Å². The van der Waals surface area contributed by atoms with Gasteiger partial charge in [-0.2, -0.15) is 15.0 Å². The fourth-order valence-electron chi connectivity index (χ4n) is 2.61. The molecule has 4 N–H and O–H groups in total. The number of hydrazine groups is 1. The predicted molar refractivity (Wildman–Crippen MR) is 78.4 cm³/mol. The number of hydrogen-bond donors (Lipinski definition) is 3. The summed E-state index contributed by atoms with van der Waals surface area (Å²) < 4.78 is 5.30. The molecule has 7 nitrogen and oxygen atoms in total. The molecule has 1 aliphatic carbocycles. The van der Waals surface area contributed by atoms with Gasteiger partial charge >= 0.3 is 6.01 Å². The van der Waals surface area contributed by atoms with E-state index in [1.54, 1.807) is 0 Å². The highest BCUT2D eigenvalue weighted by molar-refractivity contribution is 5.34. The maximum atomic E-state index is 5.36. The van der Waals surface area contributed by atoms with Crippen molar-refractivity contribution in [3.05, 3.63) is 0 Å². The molecule has 2 unspecified atom stereocenters. The number of nitrogens with one attached hydrogen (secondary N) is 2. The molecule has 2 atom stereocenters. The summed E-state index contributed by atoms with van der Waals surface area (Å²) in [5, 5.41) is 3.28. The number of ether oxygens (including phenoxy) is 1. The molecular formula is C13H24N6O. The van der Waals surface area contributed by atoms with Gasteiger partial charge in [-0.3, -0.25) is 5.43 Å². The standard InChI is InChI=1S/C13H24N6O/c1-3-20-13-17-11(16-12(18-13)19-14)15-8-10-7-5-4-6-9(10)2/h9-10H,3-8,14H2,1-2H3,(H2,15,16,17,18,19). The van der Waals surface area contributed by atoms with Crippen LogP contribution in [0.4, 0.5) is 11.9 Å². The van der Waals surface area contributed by atoms with Crippen LogP contribution in [0.1, 0.15) is 39.5 Å². The van der Waals surface area contributed by atoms with Crippen molar-refractivity contribution in [2.24, 2.45) is 17.7 Å². The monoisotopic (exact) mass is 280 g/mol. The second-order valence-electron chi connectivity index (χ2n) is 5.25. The fourth-order valence-corrected chi connectivity index (χ4v) is 2.61. The Balaban J connectivity index is 1.98. The lowest BCUT2D eigenvalue weighted by Gasteiger charge is -2.28. The first-order valence-electron chi connectivity index (χ1n) is 7.32. The first kappa shape index (κ1) is 14.8. The van der Waals surface area contributed by atoms with Crippen molar-refractivity contribution in [2.75, 3.05) is 23.9 Å². The molecule has 1 fully saturated rings. The summed E-state index contributed by atoms with van der Waals surface area (Å²) in [6.07, 6.45) is 5.23. The third-order valence-electron chi connectivity index (χ3n) is 3.83. The van der Waals surface area contributed by atoms with E-state index in [1.165, 1.54) is 25.7 Å². The van der Waals surface area contributed by atoms with Crippen molar-refractivity contribution in [2.45, 2.75) is 39.5 Å². The highest BCUT2D eigenvalue weighted by atomic mass is 16.5. The van der Waals surface area contributed by atoms with E-state index < -0.39 is 0 Å². The molecule has 1 saturated carbocycles. The van der Waals surface area contributed by atoms with Gasteiger partial charge in [0.1, 0.15) is 0 Å². The molecule has 0 aromatic carbocycles. The maximum Gasteiger partial charge on any atom is 0.323 e. The molecule has 0 bridgehead atoms. The predicted octanol–water partition coefficient (Wildman–Crippen LogP) is 1.79. The molecule has 1 aliphatic rings. The van der Waals surface area contributed by atoms with Gasteiger partial charge in [0, 0.05) is 6.54 Å². The topological polar surface area (TPSA) is 98.0 Å². The number of aromatic nitrogens is 3. The minimum Gasteiger partial charge on any atom is -0.464 e. The van der Waals surface area contributed by atoms with Crippen LogP contribution >= 0.6 is 0 Å². The van der Waals surface area contributed by atoms with Gasteiger partial charge in [-0.25, -0.2) is 5.84 Å². The molecule has 1 aromatic heterocycles. The van der Waals surface area contributed by atoms with Gasteiger partial charge in [-0.15, -0.1) is 0 Å². The van der Waals surface area contributed by atoms with Crippen molar-refractivity contribution in [1.82, 2.24) is 15.0 Å². The molecule has 0 spiro atoms. The van der Waals surface area contributed by atoms with Gasteiger partial charge in [0.05, 0.1) is 6.61 Å². The highest BCUT2D eigenvalue weighted by Crippen LogP contribution is 2.29. The van der Waals surface area contributed by atoms with E-state index in [0.717, 1.165) is 12.5 Å². The van der Waals surface area contributed by atoms with Gasteiger partial charge in [0.25, 0.3) is 0 Å². The second kappa shape index (κ2) is 7.23. The van der Waals surface area contributed by atoms with Crippen molar-refractivity contribution in [3.8, 4) is 6.01 Å². The number of hydrogen-bond acceptors (Lipinski definition) is 7. The van der Waals surface area contributed by atoms with E-state index in [4.69, 9.17) is 10.6 Å². The third-order valence-corrected chi connectivity index (χ3v) is 3.83. The summed E-state index contributed by atoms with van der Waals surface area (Å²) in [5.41, 5.74) is 2.43. The van der Waals surface area contributed by atoms with Gasteiger partial charge in [-0.05, 0) is 25.2 Å². The van der Waals surface area contributed by atoms with E-state index in [9.17, 15) is 0 Å². The zero-order valence-electron chi connectivity index (χ0n) is 12.2. The summed E-state index contributed by atoms with van der Waals surface area (Å²) in [5.74, 6) is 7.59. The summed E-state index contributed by atoms with van der Waals surface area (Å²) in [4.78, 5) is 12.5. The van der Waals surface area contributed by atoms with E-state index in [2.05, 4.69) is 32.6 Å². The first-order valence-corrected chi connectivity index (χ1v) is 7.32. The number of nitrogens with zero attached hydrogens (tertiary/aromatic N) is 3. The molecule has 1 heterocycles. The van der Waals surface area contributed by atoms with Crippen LogP contribution in [0.5, 0.6) is 6.01 Å². The van der Waals surface area contributed by atoms with Gasteiger partial charge in [0.15, 0.2) is 0 Å². The summed E-state index contributed by atoms with van der Waals surface area (Å²) in [6.45, 7) is 5.58. The first-order chi connectivity index (χ1) is 9.72. The molecule has 2 rings (SSSR count). The molecule has 112 valence electrons. The lowest BCUT2D eigenvalue weighted by Crippen LogP contribution is -2.25. The van der Waals surface area contributed by atoms with E-state index >= 15 is 0 Å². The SMILES string of the molecule is CCOc1nc(NN)nc(NCC2CCCCC2C)n1. The number of rotatable bonds is 6. The van der Waals surface area contributed by atoms with Crippen LogP contribution < -0.4 is 21.3 Å². The van der Waals surface area contributed by atoms with E-state index in [-0.39, 0.29) is 6.01 Å². The molecule has 20 heavy (non-hydrogen) atoms. The normalized spacial score (nSPS) is 22.4. The lowest BCUT2D eigenvalue weighted by molar-refractivity contribution is 0.268. The molecule has 0 saturated heterocycles. The molecule has 7 heteroatoms. The highest BCUT2D eigenvalue weighted by Gasteiger charge is 2.21. The zero-order chi connectivity index (χ0) is 14.4. The minimum absolute atomic E-state index is 0.287. The lowest BCUT2D eigenvalue weighted by atomic mass is 9.80. The summed E-state index contributed by atoms with van der Waals surface area (Å²) in [7, 11) is 0. The average Bonchev–Trinajstić information content (AvgIpc) is 2.46. The molecular weight excluding hydrogens is 256 g/mol. The van der Waals surface area contributed by atoms with Crippen LogP contribution in [0.3, 0.4) is 0 Å². The van der Waals surface area contributed by atoms with Crippen LogP contribution in [0.15, 0.2) is 0 Å². The quantitative estimate of drug-likeness (QED) is 0.540. The van der Waals surface area contributed by atoms with Gasteiger partial charge in [0.2, 0.25) is 11.9 Å². The van der Waals surface area contributed by atoms with Crippen molar-refractivity contribution in [3.63, 3.8) is 0 Å². The Labute approximate surface area is 119 Å². The Morgan fingerprint density at radius 2 is 1.95 bits per heavy atom. The fraction of sp³-hybridized carbons (Fsp3) is 0.769. The van der Waals surface area contributed by atoms with Crippen LogP contribution in [-0.2, 0) is 0 Å². The molecule has 0 aliphatic heterocycles. The average molecular weight is 280 g/mol. The summed E-state index contributed by atoms with van der Waals surface area (Å²) in [6, 6.07) is 0.287. The van der Waals surface area contributed by atoms with Crippen LogP contribution in [0.2, 0.25) is 0 Å². The van der Waals surface area contributed by atoms with Crippen molar-refractivity contribution in [1.29, 1.82) is 0 Å². The van der Waals surface area contributed by atoms with Crippen molar-refractivity contribution >= 4 is 11.9 Å². The minimum atomic E-state index is 0.287. The third kappa shape index (κ3) is 3.93. The van der Waals surface area contributed by atoms with Crippen molar-refractivity contribution < 1.29 is 4.74 Å². The smallest absolute Gasteiger partial charge is 0.323 e. The van der Waals surface area contributed by atoms with Crippen LogP contribution in [-0.4, -0.2) is 28.1 Å². The Hall–Kier alpha value is -1.63. The number of nitrogen functional groups attached to an aromatic ring is 1. The summed E-state index contributed by atoms with van der Waals surface area (Å²) >= 11 is 0. The maximum absolute atomic E-state index is 5.36. The molecule has 0 radical (unpaired) electrons. The number of nitrogens with two attached hydrogens (primary N) is 1. The van der Waals surface area contributed by atoms with E-state index in [1.807, 2.05) is 6.92 Å². The Morgan fingerprint density at radius 3 is 2.65 bits per heavy atom. The molecule has 0 amide bonds.